The second-order valence-corrected chi connectivity index (χ2v) is 8.32. The van der Waals surface area contributed by atoms with Crippen LogP contribution in [0.2, 0.25) is 0 Å². The average Bonchev–Trinajstić information content (AvgIpc) is 3.46. The van der Waals surface area contributed by atoms with E-state index in [9.17, 15) is 22.8 Å². The van der Waals surface area contributed by atoms with Gasteiger partial charge in [-0.05, 0) is 63.3 Å². The highest BCUT2D eigenvalue weighted by atomic mass is 19.4. The summed E-state index contributed by atoms with van der Waals surface area (Å²) in [5.41, 5.74) is 6.45. The number of nitrogens with zero attached hydrogens (tertiary/aromatic N) is 2. The van der Waals surface area contributed by atoms with Gasteiger partial charge in [0.2, 0.25) is 0 Å². The van der Waals surface area contributed by atoms with Gasteiger partial charge in [-0.3, -0.25) is 9.59 Å². The third kappa shape index (κ3) is 4.72. The fourth-order valence-electron chi connectivity index (χ4n) is 4.07. The lowest BCUT2D eigenvalue weighted by atomic mass is 10.1. The summed E-state index contributed by atoms with van der Waals surface area (Å²) < 4.78 is 38.9. The molecule has 1 amide bonds. The van der Waals surface area contributed by atoms with E-state index in [4.69, 9.17) is 5.73 Å². The van der Waals surface area contributed by atoms with Crippen molar-refractivity contribution in [3.05, 3.63) is 57.9 Å². The number of fused-ring (bicyclic) bond motifs is 2. The Morgan fingerprint density at radius 3 is 2.40 bits per heavy atom. The van der Waals surface area contributed by atoms with Gasteiger partial charge in [0.1, 0.15) is 0 Å². The third-order valence-corrected chi connectivity index (χ3v) is 5.74. The fourth-order valence-corrected chi connectivity index (χ4v) is 4.07. The minimum Gasteiger partial charge on any atom is -0.396 e. The summed E-state index contributed by atoms with van der Waals surface area (Å²) in [6, 6.07) is 8.03. The van der Waals surface area contributed by atoms with Crippen molar-refractivity contribution in [3.63, 3.8) is 0 Å². The number of aromatic amines is 2. The van der Waals surface area contributed by atoms with E-state index < -0.39 is 17.3 Å². The highest BCUT2D eigenvalue weighted by Gasteiger charge is 2.31. The SMILES string of the molecule is CNC.Nc1c(-c2nc3ccc(C(F)(F)F)cc3[nH]c2=O)[nH]c2ccc(C(=O)N3CCCC3)cc12. The van der Waals surface area contributed by atoms with Gasteiger partial charge in [0, 0.05) is 29.6 Å². The Balaban J connectivity index is 0.000000917. The Morgan fingerprint density at radius 2 is 1.74 bits per heavy atom. The van der Waals surface area contributed by atoms with Gasteiger partial charge in [0.25, 0.3) is 11.5 Å². The van der Waals surface area contributed by atoms with Gasteiger partial charge in [0.05, 0.1) is 28.0 Å². The Labute approximate surface area is 198 Å². The molecule has 1 saturated heterocycles. The van der Waals surface area contributed by atoms with Crippen LogP contribution < -0.4 is 16.6 Å². The molecular formula is C24H25F3N6O2. The first-order valence-electron chi connectivity index (χ1n) is 11.0. The Hall–Kier alpha value is -3.86. The van der Waals surface area contributed by atoms with E-state index in [1.807, 2.05) is 14.1 Å². The number of nitrogens with two attached hydrogens (primary N) is 1. The lowest BCUT2D eigenvalue weighted by Crippen LogP contribution is -2.27. The zero-order valence-electron chi connectivity index (χ0n) is 19.2. The van der Waals surface area contributed by atoms with Crippen LogP contribution in [0.4, 0.5) is 18.9 Å². The van der Waals surface area contributed by atoms with Gasteiger partial charge in [0.15, 0.2) is 5.69 Å². The largest absolute Gasteiger partial charge is 0.416 e. The van der Waals surface area contributed by atoms with E-state index in [0.717, 1.165) is 38.1 Å². The smallest absolute Gasteiger partial charge is 0.396 e. The highest BCUT2D eigenvalue weighted by molar-refractivity contribution is 6.04. The number of carbonyl (C=O) groups excluding carboxylic acids is 1. The summed E-state index contributed by atoms with van der Waals surface area (Å²) in [6.45, 7) is 1.44. The Morgan fingerprint density at radius 1 is 1.06 bits per heavy atom. The first kappa shape index (κ1) is 24.3. The second-order valence-electron chi connectivity index (χ2n) is 8.32. The van der Waals surface area contributed by atoms with Gasteiger partial charge in [-0.2, -0.15) is 13.2 Å². The van der Waals surface area contributed by atoms with Crippen LogP contribution in [0.1, 0.15) is 28.8 Å². The number of H-pyrrole nitrogens is 2. The van der Waals surface area contributed by atoms with Crippen molar-refractivity contribution in [3.8, 4) is 11.4 Å². The molecule has 8 nitrogen and oxygen atoms in total. The molecule has 0 unspecified atom stereocenters. The summed E-state index contributed by atoms with van der Waals surface area (Å²) in [5.74, 6) is -0.0753. The van der Waals surface area contributed by atoms with Gasteiger partial charge in [-0.15, -0.1) is 0 Å². The van der Waals surface area contributed by atoms with Crippen LogP contribution in [-0.2, 0) is 6.18 Å². The van der Waals surface area contributed by atoms with E-state index in [2.05, 4.69) is 20.3 Å². The molecule has 1 aliphatic rings. The van der Waals surface area contributed by atoms with Crippen LogP contribution in [0.3, 0.4) is 0 Å². The number of rotatable bonds is 2. The quantitative estimate of drug-likeness (QED) is 0.344. The molecule has 0 spiro atoms. The zero-order valence-corrected chi connectivity index (χ0v) is 19.2. The molecule has 1 fully saturated rings. The molecule has 5 rings (SSSR count). The maximum absolute atomic E-state index is 13.0. The molecule has 0 saturated carbocycles. The van der Waals surface area contributed by atoms with Gasteiger partial charge in [-0.1, -0.05) is 0 Å². The normalized spacial score (nSPS) is 13.8. The number of amides is 1. The number of nitrogens with one attached hydrogen (secondary N) is 3. The van der Waals surface area contributed by atoms with Crippen molar-refractivity contribution in [2.45, 2.75) is 19.0 Å². The summed E-state index contributed by atoms with van der Waals surface area (Å²) in [7, 11) is 3.75. The molecule has 1 aliphatic heterocycles. The van der Waals surface area contributed by atoms with E-state index >= 15 is 0 Å². The van der Waals surface area contributed by atoms with E-state index in [1.54, 1.807) is 23.1 Å². The van der Waals surface area contributed by atoms with Crippen LogP contribution in [0.25, 0.3) is 33.3 Å². The van der Waals surface area contributed by atoms with E-state index in [1.165, 1.54) is 6.07 Å². The fraction of sp³-hybridized carbons (Fsp3) is 0.292. The van der Waals surface area contributed by atoms with Crippen LogP contribution in [0.5, 0.6) is 0 Å². The number of alkyl halides is 3. The van der Waals surface area contributed by atoms with Crippen molar-refractivity contribution in [2.75, 3.05) is 32.9 Å². The van der Waals surface area contributed by atoms with Crippen LogP contribution in [0.15, 0.2) is 41.2 Å². The first-order valence-corrected chi connectivity index (χ1v) is 11.0. The molecule has 0 aliphatic carbocycles. The molecule has 11 heteroatoms. The average molecular weight is 486 g/mol. The number of anilines is 1. The predicted octanol–water partition coefficient (Wildman–Crippen LogP) is 3.74. The lowest BCUT2D eigenvalue weighted by molar-refractivity contribution is -0.137. The van der Waals surface area contributed by atoms with Crippen molar-refractivity contribution < 1.29 is 18.0 Å². The standard InChI is InChI=1S/C22H18F3N5O2.C2H7N/c23-22(24,25)12-4-6-15-16(10-12)29-20(31)19(28-15)18-17(26)13-9-11(3-5-14(13)27-18)21(32)30-7-1-2-8-30;1-3-2/h3-6,9-10,27H,1-2,7-8,26H2,(H,29,31);3H,1-2H3. The third-order valence-electron chi connectivity index (χ3n) is 5.74. The highest BCUT2D eigenvalue weighted by Crippen LogP contribution is 2.33. The molecule has 35 heavy (non-hydrogen) atoms. The first-order chi connectivity index (χ1) is 16.6. The number of hydrogen-bond donors (Lipinski definition) is 4. The summed E-state index contributed by atoms with van der Waals surface area (Å²) >= 11 is 0. The van der Waals surface area contributed by atoms with Gasteiger partial charge < -0.3 is 25.9 Å². The molecule has 184 valence electrons. The molecule has 5 N–H and O–H groups in total. The molecule has 2 aromatic heterocycles. The van der Waals surface area contributed by atoms with Crippen LogP contribution in [0, 0.1) is 0 Å². The van der Waals surface area contributed by atoms with Crippen molar-refractivity contribution >= 4 is 33.5 Å². The van der Waals surface area contributed by atoms with E-state index in [-0.39, 0.29) is 34.0 Å². The number of halogens is 3. The summed E-state index contributed by atoms with van der Waals surface area (Å²) in [6.07, 6.45) is -2.58. The molecule has 0 radical (unpaired) electrons. The molecule has 2 aromatic carbocycles. The second kappa shape index (κ2) is 9.41. The van der Waals surface area contributed by atoms with Crippen molar-refractivity contribution in [1.82, 2.24) is 25.2 Å². The van der Waals surface area contributed by atoms with Gasteiger partial charge in [-0.25, -0.2) is 4.98 Å². The van der Waals surface area contributed by atoms with E-state index in [0.29, 0.717) is 16.5 Å². The number of likely N-dealkylation sites (tertiary alicyclic amines) is 1. The Bertz CT molecular complexity index is 1450. The molecule has 0 atom stereocenters. The molecule has 3 heterocycles. The van der Waals surface area contributed by atoms with Crippen LogP contribution >= 0.6 is 0 Å². The number of hydrogen-bond acceptors (Lipinski definition) is 5. The summed E-state index contributed by atoms with van der Waals surface area (Å²) in [4.78, 5) is 36.9. The predicted molar refractivity (Wildman–Crippen MR) is 129 cm³/mol. The maximum atomic E-state index is 13.0. The minimum absolute atomic E-state index is 0.0262. The van der Waals surface area contributed by atoms with Gasteiger partial charge >= 0.3 is 6.18 Å². The zero-order chi connectivity index (χ0) is 25.3. The lowest BCUT2D eigenvalue weighted by Gasteiger charge is -2.15. The van der Waals surface area contributed by atoms with Crippen molar-refractivity contribution in [1.29, 1.82) is 0 Å². The molecular weight excluding hydrogens is 461 g/mol. The number of carbonyl (C=O) groups is 1. The maximum Gasteiger partial charge on any atom is 0.416 e. The minimum atomic E-state index is -4.53. The number of benzene rings is 2. The number of aromatic nitrogens is 3. The molecule has 4 aromatic rings. The van der Waals surface area contributed by atoms with Crippen molar-refractivity contribution in [2.24, 2.45) is 0 Å². The number of nitrogen functional groups attached to an aromatic ring is 1. The van der Waals surface area contributed by atoms with Crippen LogP contribution in [-0.4, -0.2) is 52.9 Å². The topological polar surface area (TPSA) is 120 Å². The molecule has 0 bridgehead atoms. The summed E-state index contributed by atoms with van der Waals surface area (Å²) in [5, 5.41) is 3.32. The Kier molecular flexibility index (Phi) is 6.53. The monoisotopic (exact) mass is 486 g/mol.